The Balaban J connectivity index is 1.69. The number of rotatable bonds is 5. The van der Waals surface area contributed by atoms with Crippen LogP contribution in [0, 0.1) is 17.6 Å². The fraction of sp³-hybridized carbons (Fsp3) is 0.435. The molecule has 2 saturated heterocycles. The quantitative estimate of drug-likeness (QED) is 0.758. The molecule has 2 aromatic carbocycles. The number of aliphatic hydroxyl groups is 1. The standard InChI is InChI=1S/C23H25F2NO4/c1-26-17-12-20(21(23(28)29-2)18(26)11-19(17)27)30-22(13-3-7-15(24)8-4-13)14-5-9-16(25)10-6-14/h3-10,17-22,27H,11-12H2,1-2H3/t17?,18?,19-,20+,21+/m0/s1. The Morgan fingerprint density at radius 1 is 1.00 bits per heavy atom. The van der Waals surface area contributed by atoms with Crippen LogP contribution in [0.5, 0.6) is 0 Å². The number of aliphatic hydroxyl groups excluding tert-OH is 1. The number of esters is 1. The van der Waals surface area contributed by atoms with Crippen molar-refractivity contribution in [1.82, 2.24) is 4.90 Å². The third-order valence-electron chi connectivity index (χ3n) is 6.39. The van der Waals surface area contributed by atoms with Crippen LogP contribution in [-0.2, 0) is 14.3 Å². The van der Waals surface area contributed by atoms with Crippen molar-refractivity contribution < 1.29 is 28.2 Å². The smallest absolute Gasteiger partial charge is 0.312 e. The summed E-state index contributed by atoms with van der Waals surface area (Å²) in [6, 6.07) is 11.5. The Morgan fingerprint density at radius 2 is 1.53 bits per heavy atom. The normalized spacial score (nSPS) is 28.7. The average Bonchev–Trinajstić information content (AvgIpc) is 2.92. The fourth-order valence-electron chi connectivity index (χ4n) is 4.83. The van der Waals surface area contributed by atoms with Crippen LogP contribution in [0.2, 0.25) is 0 Å². The van der Waals surface area contributed by atoms with E-state index in [0.29, 0.717) is 24.0 Å². The van der Waals surface area contributed by atoms with Crippen molar-refractivity contribution in [3.8, 4) is 0 Å². The van der Waals surface area contributed by atoms with E-state index in [0.717, 1.165) is 0 Å². The van der Waals surface area contributed by atoms with E-state index in [1.165, 1.54) is 31.4 Å². The lowest BCUT2D eigenvalue weighted by Gasteiger charge is -2.42. The number of hydrogen-bond acceptors (Lipinski definition) is 5. The number of halogens is 2. The molecule has 2 bridgehead atoms. The Morgan fingerprint density at radius 3 is 2.03 bits per heavy atom. The SMILES string of the molecule is COC(=O)[C@@H]1C2C[C@H](O)C(C[C@H]1OC(c1ccc(F)cc1)c1ccc(F)cc1)N2C. The Labute approximate surface area is 174 Å². The van der Waals surface area contributed by atoms with Gasteiger partial charge in [0.25, 0.3) is 0 Å². The minimum atomic E-state index is -0.622. The van der Waals surface area contributed by atoms with Gasteiger partial charge in [0, 0.05) is 12.1 Å². The summed E-state index contributed by atoms with van der Waals surface area (Å²) >= 11 is 0. The van der Waals surface area contributed by atoms with Crippen LogP contribution in [0.4, 0.5) is 8.78 Å². The van der Waals surface area contributed by atoms with E-state index in [9.17, 15) is 18.7 Å². The van der Waals surface area contributed by atoms with Gasteiger partial charge < -0.3 is 14.6 Å². The molecule has 7 heteroatoms. The number of carbonyl (C=O) groups is 1. The Bertz CT molecular complexity index is 844. The first kappa shape index (κ1) is 20.9. The molecule has 160 valence electrons. The third kappa shape index (κ3) is 3.85. The molecule has 30 heavy (non-hydrogen) atoms. The molecule has 0 aliphatic carbocycles. The average molecular weight is 417 g/mol. The largest absolute Gasteiger partial charge is 0.469 e. The molecule has 1 N–H and O–H groups in total. The van der Waals surface area contributed by atoms with Gasteiger partial charge in [-0.25, -0.2) is 8.78 Å². The number of ether oxygens (including phenoxy) is 2. The molecule has 5 atom stereocenters. The molecule has 0 amide bonds. The summed E-state index contributed by atoms with van der Waals surface area (Å²) in [7, 11) is 3.24. The first-order valence-corrected chi connectivity index (χ1v) is 10.0. The predicted octanol–water partition coefficient (Wildman–Crippen LogP) is 3.07. The number of fused-ring (bicyclic) bond motifs is 2. The summed E-state index contributed by atoms with van der Waals surface area (Å²) in [4.78, 5) is 14.7. The zero-order valence-corrected chi connectivity index (χ0v) is 16.9. The van der Waals surface area contributed by atoms with Crippen molar-refractivity contribution in [3.63, 3.8) is 0 Å². The maximum absolute atomic E-state index is 13.5. The number of likely N-dealkylation sites (N-methyl/N-ethyl adjacent to an activating group) is 1. The van der Waals surface area contributed by atoms with Crippen LogP contribution in [0.3, 0.4) is 0 Å². The third-order valence-corrected chi connectivity index (χ3v) is 6.39. The van der Waals surface area contributed by atoms with Gasteiger partial charge >= 0.3 is 5.97 Å². The molecule has 2 aliphatic rings. The molecule has 4 rings (SSSR count). The van der Waals surface area contributed by atoms with E-state index in [4.69, 9.17) is 9.47 Å². The molecule has 2 heterocycles. The van der Waals surface area contributed by atoms with E-state index in [-0.39, 0.29) is 29.7 Å². The minimum absolute atomic E-state index is 0.122. The highest BCUT2D eigenvalue weighted by Gasteiger charge is 2.54. The highest BCUT2D eigenvalue weighted by molar-refractivity contribution is 5.74. The molecule has 0 radical (unpaired) electrons. The Hall–Kier alpha value is -2.35. The van der Waals surface area contributed by atoms with Gasteiger partial charge in [0.15, 0.2) is 0 Å². The molecule has 0 saturated carbocycles. The first-order valence-electron chi connectivity index (χ1n) is 10.0. The van der Waals surface area contributed by atoms with E-state index in [1.54, 1.807) is 24.3 Å². The lowest BCUT2D eigenvalue weighted by molar-refractivity contribution is -0.162. The minimum Gasteiger partial charge on any atom is -0.469 e. The van der Waals surface area contributed by atoms with Gasteiger partial charge in [0.2, 0.25) is 0 Å². The van der Waals surface area contributed by atoms with E-state index in [1.807, 2.05) is 11.9 Å². The zero-order valence-electron chi connectivity index (χ0n) is 16.9. The number of piperidine rings is 1. The maximum atomic E-state index is 13.5. The molecule has 2 aliphatic heterocycles. The second kappa shape index (κ2) is 8.41. The summed E-state index contributed by atoms with van der Waals surface area (Å²) in [5, 5.41) is 10.5. The molecule has 2 unspecified atom stereocenters. The van der Waals surface area contributed by atoms with Crippen LogP contribution in [0.25, 0.3) is 0 Å². The first-order chi connectivity index (χ1) is 14.4. The second-order valence-corrected chi connectivity index (χ2v) is 8.05. The predicted molar refractivity (Wildman–Crippen MR) is 106 cm³/mol. The van der Waals surface area contributed by atoms with Crippen molar-refractivity contribution in [3.05, 3.63) is 71.3 Å². The zero-order chi connectivity index (χ0) is 21.4. The van der Waals surface area contributed by atoms with Gasteiger partial charge in [-0.1, -0.05) is 24.3 Å². The van der Waals surface area contributed by atoms with Gasteiger partial charge in [-0.2, -0.15) is 0 Å². The highest BCUT2D eigenvalue weighted by Crippen LogP contribution is 2.42. The van der Waals surface area contributed by atoms with Crippen molar-refractivity contribution >= 4 is 5.97 Å². The molecule has 0 aromatic heterocycles. The summed E-state index contributed by atoms with van der Waals surface area (Å²) in [5.74, 6) is -1.70. The van der Waals surface area contributed by atoms with Crippen LogP contribution in [0.1, 0.15) is 30.1 Å². The summed E-state index contributed by atoms with van der Waals surface area (Å²) < 4.78 is 38.5. The number of hydrogen-bond donors (Lipinski definition) is 1. The summed E-state index contributed by atoms with van der Waals surface area (Å²) in [6.07, 6.45) is -0.758. The molecular weight excluding hydrogens is 392 g/mol. The summed E-state index contributed by atoms with van der Waals surface area (Å²) in [5.41, 5.74) is 1.39. The van der Waals surface area contributed by atoms with Gasteiger partial charge in [-0.3, -0.25) is 9.69 Å². The lowest BCUT2D eigenvalue weighted by Crippen LogP contribution is -2.54. The van der Waals surface area contributed by atoms with Crippen LogP contribution >= 0.6 is 0 Å². The molecule has 2 fully saturated rings. The molecule has 0 spiro atoms. The van der Waals surface area contributed by atoms with Crippen molar-refractivity contribution in [2.24, 2.45) is 5.92 Å². The van der Waals surface area contributed by atoms with Gasteiger partial charge in [-0.15, -0.1) is 0 Å². The molecule has 5 nitrogen and oxygen atoms in total. The fourth-order valence-corrected chi connectivity index (χ4v) is 4.83. The number of methoxy groups -OCH3 is 1. The van der Waals surface area contributed by atoms with Crippen LogP contribution < -0.4 is 0 Å². The van der Waals surface area contributed by atoms with E-state index in [2.05, 4.69) is 0 Å². The molecule has 2 aromatic rings. The van der Waals surface area contributed by atoms with Crippen molar-refractivity contribution in [2.75, 3.05) is 14.2 Å². The Kier molecular flexibility index (Phi) is 5.86. The summed E-state index contributed by atoms with van der Waals surface area (Å²) in [6.45, 7) is 0. The monoisotopic (exact) mass is 417 g/mol. The molecular formula is C23H25F2NO4. The van der Waals surface area contributed by atoms with E-state index < -0.39 is 24.2 Å². The van der Waals surface area contributed by atoms with Crippen LogP contribution in [0.15, 0.2) is 48.5 Å². The maximum Gasteiger partial charge on any atom is 0.312 e. The van der Waals surface area contributed by atoms with Gasteiger partial charge in [-0.05, 0) is 55.3 Å². The van der Waals surface area contributed by atoms with Gasteiger partial charge in [0.1, 0.15) is 17.7 Å². The van der Waals surface area contributed by atoms with Crippen LogP contribution in [-0.4, -0.2) is 54.4 Å². The topological polar surface area (TPSA) is 59.0 Å². The second-order valence-electron chi connectivity index (χ2n) is 8.05. The van der Waals surface area contributed by atoms with Crippen molar-refractivity contribution in [1.29, 1.82) is 0 Å². The highest BCUT2D eigenvalue weighted by atomic mass is 19.1. The number of benzene rings is 2. The lowest BCUT2D eigenvalue weighted by atomic mass is 9.87. The number of nitrogens with zero attached hydrogens (tertiary/aromatic N) is 1. The van der Waals surface area contributed by atoms with Gasteiger partial charge in [0.05, 0.1) is 25.2 Å². The van der Waals surface area contributed by atoms with Crippen molar-refractivity contribution in [2.45, 2.75) is 43.2 Å². The number of carbonyl (C=O) groups excluding carboxylic acids is 1. The van der Waals surface area contributed by atoms with E-state index >= 15 is 0 Å².